The van der Waals surface area contributed by atoms with Gasteiger partial charge in [-0.2, -0.15) is 0 Å². The molecule has 0 saturated carbocycles. The number of hydrazine groups is 1. The zero-order valence-electron chi connectivity index (χ0n) is 8.74. The molecule has 0 amide bonds. The maximum absolute atomic E-state index is 9.07. The molecule has 0 aliphatic carbocycles. The van der Waals surface area contributed by atoms with E-state index in [4.69, 9.17) is 10.9 Å². The van der Waals surface area contributed by atoms with Crippen molar-refractivity contribution in [2.24, 2.45) is 16.8 Å². The largest absolute Gasteiger partial charge is 0.396 e. The monoisotopic (exact) mass is 200 g/mol. The molecule has 1 heterocycles. The average Bonchev–Trinajstić information content (AvgIpc) is 2.26. The maximum atomic E-state index is 9.07. The molecule has 0 aromatic carbocycles. The summed E-state index contributed by atoms with van der Waals surface area (Å²) in [6.45, 7) is 4.77. The minimum absolute atomic E-state index is 0.250. The SMILES string of the molecule is CCN=C(NN)N1CCCC(CO)C1. The van der Waals surface area contributed by atoms with Gasteiger partial charge in [0, 0.05) is 26.2 Å². The van der Waals surface area contributed by atoms with Crippen molar-refractivity contribution >= 4 is 5.96 Å². The summed E-state index contributed by atoms with van der Waals surface area (Å²) >= 11 is 0. The van der Waals surface area contributed by atoms with Crippen LogP contribution in [-0.4, -0.2) is 42.2 Å². The minimum atomic E-state index is 0.250. The summed E-state index contributed by atoms with van der Waals surface area (Å²) in [4.78, 5) is 6.36. The molecule has 0 aromatic rings. The quantitative estimate of drug-likeness (QED) is 0.244. The fourth-order valence-electron chi connectivity index (χ4n) is 1.79. The van der Waals surface area contributed by atoms with Gasteiger partial charge in [-0.15, -0.1) is 0 Å². The number of aliphatic imine (C=N–C) groups is 1. The van der Waals surface area contributed by atoms with E-state index in [9.17, 15) is 0 Å². The second-order valence-electron chi connectivity index (χ2n) is 3.58. The standard InChI is InChI=1S/C9H20N4O/c1-2-11-9(12-10)13-5-3-4-8(6-13)7-14/h8,14H,2-7,10H2,1H3,(H,11,12). The Hall–Kier alpha value is -0.810. The van der Waals surface area contributed by atoms with Gasteiger partial charge in [-0.3, -0.25) is 10.4 Å². The molecule has 1 unspecified atom stereocenters. The van der Waals surface area contributed by atoms with Gasteiger partial charge >= 0.3 is 0 Å². The van der Waals surface area contributed by atoms with Gasteiger partial charge in [-0.1, -0.05) is 0 Å². The first-order valence-corrected chi connectivity index (χ1v) is 5.18. The summed E-state index contributed by atoms with van der Waals surface area (Å²) in [6, 6.07) is 0. The van der Waals surface area contributed by atoms with Crippen LogP contribution in [0.25, 0.3) is 0 Å². The van der Waals surface area contributed by atoms with E-state index < -0.39 is 0 Å². The molecule has 1 atom stereocenters. The van der Waals surface area contributed by atoms with Gasteiger partial charge in [0.1, 0.15) is 0 Å². The first kappa shape index (κ1) is 11.3. The van der Waals surface area contributed by atoms with Crippen molar-refractivity contribution in [2.75, 3.05) is 26.2 Å². The van der Waals surface area contributed by atoms with Gasteiger partial charge in [0.2, 0.25) is 5.96 Å². The van der Waals surface area contributed by atoms with Gasteiger partial charge in [0.25, 0.3) is 0 Å². The first-order valence-electron chi connectivity index (χ1n) is 5.18. The van der Waals surface area contributed by atoms with Crippen LogP contribution in [0.2, 0.25) is 0 Å². The molecule has 5 heteroatoms. The van der Waals surface area contributed by atoms with Crippen LogP contribution in [0.1, 0.15) is 19.8 Å². The Morgan fingerprint density at radius 2 is 2.50 bits per heavy atom. The molecule has 1 aliphatic rings. The molecule has 4 N–H and O–H groups in total. The Morgan fingerprint density at radius 3 is 3.07 bits per heavy atom. The van der Waals surface area contributed by atoms with Crippen LogP contribution < -0.4 is 11.3 Å². The van der Waals surface area contributed by atoms with Crippen LogP contribution >= 0.6 is 0 Å². The van der Waals surface area contributed by atoms with Crippen LogP contribution in [0.5, 0.6) is 0 Å². The summed E-state index contributed by atoms with van der Waals surface area (Å²) < 4.78 is 0. The molecule has 82 valence electrons. The Kier molecular flexibility index (Phi) is 4.69. The van der Waals surface area contributed by atoms with Crippen LogP contribution in [-0.2, 0) is 0 Å². The Morgan fingerprint density at radius 1 is 1.71 bits per heavy atom. The van der Waals surface area contributed by atoms with Crippen LogP contribution in [0, 0.1) is 5.92 Å². The zero-order valence-corrected chi connectivity index (χ0v) is 8.74. The second kappa shape index (κ2) is 5.82. The lowest BCUT2D eigenvalue weighted by atomic mass is 9.99. The van der Waals surface area contributed by atoms with E-state index in [-0.39, 0.29) is 6.61 Å². The topological polar surface area (TPSA) is 73.9 Å². The molecule has 0 bridgehead atoms. The number of hydrogen-bond donors (Lipinski definition) is 3. The van der Waals surface area contributed by atoms with Gasteiger partial charge in [0.05, 0.1) is 0 Å². The normalized spacial score (nSPS) is 23.8. The smallest absolute Gasteiger partial charge is 0.208 e. The van der Waals surface area contributed by atoms with Gasteiger partial charge in [0.15, 0.2) is 0 Å². The molecule has 1 fully saturated rings. The number of piperidine rings is 1. The van der Waals surface area contributed by atoms with Gasteiger partial charge in [-0.25, -0.2) is 5.84 Å². The molecule has 1 saturated heterocycles. The minimum Gasteiger partial charge on any atom is -0.396 e. The average molecular weight is 200 g/mol. The predicted octanol–water partition coefficient (Wildman–Crippen LogP) is -0.470. The summed E-state index contributed by atoms with van der Waals surface area (Å²) in [5.41, 5.74) is 2.61. The molecule has 0 spiro atoms. The Balaban J connectivity index is 2.53. The van der Waals surface area contributed by atoms with Crippen molar-refractivity contribution in [3.8, 4) is 0 Å². The number of nitrogens with two attached hydrogens (primary N) is 1. The maximum Gasteiger partial charge on any atom is 0.208 e. The lowest BCUT2D eigenvalue weighted by Gasteiger charge is -2.33. The molecule has 14 heavy (non-hydrogen) atoms. The third-order valence-electron chi connectivity index (χ3n) is 2.51. The summed E-state index contributed by atoms with van der Waals surface area (Å²) in [6.07, 6.45) is 2.19. The molecule has 1 aliphatic heterocycles. The Bertz CT molecular complexity index is 195. The van der Waals surface area contributed by atoms with E-state index in [0.717, 1.165) is 38.4 Å². The van der Waals surface area contributed by atoms with Crippen LogP contribution in [0.15, 0.2) is 4.99 Å². The van der Waals surface area contributed by atoms with Crippen molar-refractivity contribution in [3.05, 3.63) is 0 Å². The fourth-order valence-corrected chi connectivity index (χ4v) is 1.79. The summed E-state index contributed by atoms with van der Waals surface area (Å²) in [5.74, 6) is 6.49. The van der Waals surface area contributed by atoms with Gasteiger partial charge in [-0.05, 0) is 25.7 Å². The summed E-state index contributed by atoms with van der Waals surface area (Å²) in [5, 5.41) is 9.07. The first-order chi connectivity index (χ1) is 6.81. The number of aliphatic hydroxyl groups is 1. The molecular formula is C9H20N4O. The van der Waals surface area contributed by atoms with E-state index in [1.807, 2.05) is 6.92 Å². The zero-order chi connectivity index (χ0) is 10.4. The van der Waals surface area contributed by atoms with Crippen molar-refractivity contribution in [1.29, 1.82) is 0 Å². The number of aliphatic hydroxyl groups excluding tert-OH is 1. The molecule has 0 aromatic heterocycles. The number of nitrogens with zero attached hydrogens (tertiary/aromatic N) is 2. The molecule has 0 radical (unpaired) electrons. The van der Waals surface area contributed by atoms with Gasteiger partial charge < -0.3 is 10.0 Å². The van der Waals surface area contributed by atoms with Crippen molar-refractivity contribution < 1.29 is 5.11 Å². The highest BCUT2D eigenvalue weighted by molar-refractivity contribution is 5.79. The van der Waals surface area contributed by atoms with E-state index in [2.05, 4.69) is 15.3 Å². The number of nitrogens with one attached hydrogen (secondary N) is 1. The van der Waals surface area contributed by atoms with Crippen LogP contribution in [0.4, 0.5) is 0 Å². The highest BCUT2D eigenvalue weighted by Crippen LogP contribution is 2.15. The molecular weight excluding hydrogens is 180 g/mol. The van der Waals surface area contributed by atoms with E-state index in [1.54, 1.807) is 0 Å². The number of guanidine groups is 1. The third-order valence-corrected chi connectivity index (χ3v) is 2.51. The molecule has 5 nitrogen and oxygen atoms in total. The lowest BCUT2D eigenvalue weighted by molar-refractivity contribution is 0.158. The highest BCUT2D eigenvalue weighted by atomic mass is 16.3. The van der Waals surface area contributed by atoms with E-state index in [1.165, 1.54) is 0 Å². The number of hydrogen-bond acceptors (Lipinski definition) is 3. The number of rotatable bonds is 2. The molecule has 1 rings (SSSR count). The fraction of sp³-hybridized carbons (Fsp3) is 0.889. The van der Waals surface area contributed by atoms with Crippen molar-refractivity contribution in [3.63, 3.8) is 0 Å². The predicted molar refractivity (Wildman–Crippen MR) is 56.7 cm³/mol. The number of likely N-dealkylation sites (tertiary alicyclic amines) is 1. The van der Waals surface area contributed by atoms with Crippen LogP contribution in [0.3, 0.4) is 0 Å². The Labute approximate surface area is 85.0 Å². The highest BCUT2D eigenvalue weighted by Gasteiger charge is 2.21. The van der Waals surface area contributed by atoms with E-state index in [0.29, 0.717) is 5.92 Å². The lowest BCUT2D eigenvalue weighted by Crippen LogP contribution is -2.49. The summed E-state index contributed by atoms with van der Waals surface area (Å²) in [7, 11) is 0. The van der Waals surface area contributed by atoms with Crippen molar-refractivity contribution in [1.82, 2.24) is 10.3 Å². The second-order valence-corrected chi connectivity index (χ2v) is 3.58. The van der Waals surface area contributed by atoms with Crippen molar-refractivity contribution in [2.45, 2.75) is 19.8 Å². The van der Waals surface area contributed by atoms with E-state index >= 15 is 0 Å². The third kappa shape index (κ3) is 2.85.